The van der Waals surface area contributed by atoms with Crippen LogP contribution in [0.3, 0.4) is 0 Å². The second-order valence-corrected chi connectivity index (χ2v) is 5.88. The highest BCUT2D eigenvalue weighted by molar-refractivity contribution is 5.61. The Balaban J connectivity index is 2.36. The quantitative estimate of drug-likeness (QED) is 0.831. The monoisotopic (exact) mass is 298 g/mol. The van der Waals surface area contributed by atoms with Gasteiger partial charge in [-0.25, -0.2) is 9.97 Å². The normalized spacial score (nSPS) is 10.8. The second kappa shape index (κ2) is 7.78. The summed E-state index contributed by atoms with van der Waals surface area (Å²) in [4.78, 5) is 11.6. The van der Waals surface area contributed by atoms with E-state index in [0.29, 0.717) is 6.04 Å². The summed E-state index contributed by atoms with van der Waals surface area (Å²) in [5.74, 6) is 2.61. The summed E-state index contributed by atoms with van der Waals surface area (Å²) in [5, 5.41) is 3.39. The molecule has 4 heteroatoms. The largest absolute Gasteiger partial charge is 0.368 e. The lowest BCUT2D eigenvalue weighted by Gasteiger charge is -2.20. The van der Waals surface area contributed by atoms with E-state index in [0.717, 1.165) is 36.0 Å². The average molecular weight is 298 g/mol. The van der Waals surface area contributed by atoms with Crippen LogP contribution in [-0.2, 0) is 0 Å². The summed E-state index contributed by atoms with van der Waals surface area (Å²) in [6.45, 7) is 7.44. The van der Waals surface area contributed by atoms with Crippen molar-refractivity contribution in [2.75, 3.05) is 23.8 Å². The first-order chi connectivity index (χ1) is 10.6. The molecule has 0 aliphatic carbocycles. The number of nitrogens with one attached hydrogen (secondary N) is 1. The van der Waals surface area contributed by atoms with E-state index in [2.05, 4.69) is 43.0 Å². The molecule has 0 radical (unpaired) electrons. The average Bonchev–Trinajstić information content (AvgIpc) is 2.52. The zero-order valence-electron chi connectivity index (χ0n) is 14.0. The van der Waals surface area contributed by atoms with Crippen LogP contribution >= 0.6 is 0 Å². The minimum atomic E-state index is 0.340. The van der Waals surface area contributed by atoms with Crippen molar-refractivity contribution in [3.63, 3.8) is 0 Å². The molecular weight excluding hydrogens is 272 g/mol. The number of anilines is 2. The molecule has 2 aromatic rings. The Morgan fingerprint density at radius 1 is 1.14 bits per heavy atom. The number of hydrogen-bond donors (Lipinski definition) is 1. The molecule has 0 saturated carbocycles. The molecule has 0 spiro atoms. The van der Waals surface area contributed by atoms with Gasteiger partial charge in [-0.1, -0.05) is 43.7 Å². The highest BCUT2D eigenvalue weighted by Gasteiger charge is 2.10. The third-order valence-electron chi connectivity index (χ3n) is 3.42. The second-order valence-electron chi connectivity index (χ2n) is 5.88. The van der Waals surface area contributed by atoms with Gasteiger partial charge in [0.2, 0.25) is 0 Å². The molecule has 0 amide bonds. The SMILES string of the molecule is CCCCN(C)c1cc(NC(C)C)nc(-c2ccccc2)n1. The molecular formula is C18H26N4. The number of unbranched alkanes of at least 4 members (excludes halogenated alkanes) is 1. The van der Waals surface area contributed by atoms with Crippen LogP contribution in [0.5, 0.6) is 0 Å². The van der Waals surface area contributed by atoms with Crippen LogP contribution in [0.25, 0.3) is 11.4 Å². The number of hydrogen-bond acceptors (Lipinski definition) is 4. The summed E-state index contributed by atoms with van der Waals surface area (Å²) in [6, 6.07) is 12.5. The Bertz CT molecular complexity index is 581. The van der Waals surface area contributed by atoms with Crippen LogP contribution in [-0.4, -0.2) is 29.6 Å². The van der Waals surface area contributed by atoms with Gasteiger partial charge in [-0.2, -0.15) is 0 Å². The third kappa shape index (κ3) is 4.45. The van der Waals surface area contributed by atoms with Crippen molar-refractivity contribution in [2.24, 2.45) is 0 Å². The highest BCUT2D eigenvalue weighted by Crippen LogP contribution is 2.22. The zero-order chi connectivity index (χ0) is 15.9. The highest BCUT2D eigenvalue weighted by atomic mass is 15.2. The van der Waals surface area contributed by atoms with Crippen LogP contribution in [0.2, 0.25) is 0 Å². The molecule has 0 fully saturated rings. The molecule has 4 nitrogen and oxygen atoms in total. The molecule has 0 saturated heterocycles. The van der Waals surface area contributed by atoms with Crippen molar-refractivity contribution >= 4 is 11.6 Å². The summed E-state index contributed by atoms with van der Waals surface area (Å²) >= 11 is 0. The lowest BCUT2D eigenvalue weighted by molar-refractivity contribution is 0.758. The molecule has 118 valence electrons. The topological polar surface area (TPSA) is 41.0 Å². The van der Waals surface area contributed by atoms with E-state index in [1.807, 2.05) is 36.4 Å². The first-order valence-corrected chi connectivity index (χ1v) is 8.02. The van der Waals surface area contributed by atoms with Gasteiger partial charge in [0.15, 0.2) is 5.82 Å². The maximum atomic E-state index is 4.74. The van der Waals surface area contributed by atoms with E-state index in [-0.39, 0.29) is 0 Å². The van der Waals surface area contributed by atoms with E-state index in [4.69, 9.17) is 4.98 Å². The maximum Gasteiger partial charge on any atom is 0.163 e. The Kier molecular flexibility index (Phi) is 5.75. The standard InChI is InChI=1S/C18H26N4/c1-5-6-12-22(4)17-13-16(19-14(2)3)20-18(21-17)15-10-8-7-9-11-15/h7-11,13-14H,5-6,12H2,1-4H3,(H,19,20,21). The lowest BCUT2D eigenvalue weighted by Crippen LogP contribution is -2.21. The number of nitrogens with zero attached hydrogens (tertiary/aromatic N) is 3. The molecule has 22 heavy (non-hydrogen) atoms. The van der Waals surface area contributed by atoms with Gasteiger partial charge in [-0.05, 0) is 20.3 Å². The Hall–Kier alpha value is -2.10. The van der Waals surface area contributed by atoms with E-state index >= 15 is 0 Å². The number of rotatable bonds is 7. The van der Waals surface area contributed by atoms with Gasteiger partial charge in [0.25, 0.3) is 0 Å². The van der Waals surface area contributed by atoms with Crippen molar-refractivity contribution in [1.82, 2.24) is 9.97 Å². The molecule has 0 unspecified atom stereocenters. The first-order valence-electron chi connectivity index (χ1n) is 8.02. The van der Waals surface area contributed by atoms with E-state index in [1.165, 1.54) is 6.42 Å². The Morgan fingerprint density at radius 2 is 1.86 bits per heavy atom. The fourth-order valence-corrected chi connectivity index (χ4v) is 2.23. The zero-order valence-corrected chi connectivity index (χ0v) is 14.0. The molecule has 1 N–H and O–H groups in total. The van der Waals surface area contributed by atoms with Crippen LogP contribution in [0.1, 0.15) is 33.6 Å². The smallest absolute Gasteiger partial charge is 0.163 e. The predicted molar refractivity (Wildman–Crippen MR) is 94.4 cm³/mol. The van der Waals surface area contributed by atoms with Gasteiger partial charge in [0, 0.05) is 31.3 Å². The van der Waals surface area contributed by atoms with Gasteiger partial charge in [-0.3, -0.25) is 0 Å². The van der Waals surface area contributed by atoms with Gasteiger partial charge < -0.3 is 10.2 Å². The summed E-state index contributed by atoms with van der Waals surface area (Å²) in [6.07, 6.45) is 2.34. The van der Waals surface area contributed by atoms with Gasteiger partial charge >= 0.3 is 0 Å². The van der Waals surface area contributed by atoms with E-state index in [9.17, 15) is 0 Å². The van der Waals surface area contributed by atoms with Crippen LogP contribution < -0.4 is 10.2 Å². The number of benzene rings is 1. The maximum absolute atomic E-state index is 4.74. The minimum Gasteiger partial charge on any atom is -0.368 e. The van der Waals surface area contributed by atoms with Crippen LogP contribution in [0, 0.1) is 0 Å². The van der Waals surface area contributed by atoms with Crippen molar-refractivity contribution in [3.8, 4) is 11.4 Å². The molecule has 0 bridgehead atoms. The first kappa shape index (κ1) is 16.3. The van der Waals surface area contributed by atoms with Crippen LogP contribution in [0.4, 0.5) is 11.6 Å². The Morgan fingerprint density at radius 3 is 2.50 bits per heavy atom. The molecule has 0 atom stereocenters. The molecule has 2 rings (SSSR count). The molecule has 1 aromatic heterocycles. The van der Waals surface area contributed by atoms with Crippen LogP contribution in [0.15, 0.2) is 36.4 Å². The van der Waals surface area contributed by atoms with E-state index in [1.54, 1.807) is 0 Å². The predicted octanol–water partition coefficient (Wildman–Crippen LogP) is 4.20. The van der Waals surface area contributed by atoms with Crippen molar-refractivity contribution < 1.29 is 0 Å². The van der Waals surface area contributed by atoms with Crippen molar-refractivity contribution in [3.05, 3.63) is 36.4 Å². The molecule has 0 aliphatic rings. The Labute approximate surface area is 133 Å². The van der Waals surface area contributed by atoms with Gasteiger partial charge in [0.05, 0.1) is 0 Å². The van der Waals surface area contributed by atoms with Gasteiger partial charge in [-0.15, -0.1) is 0 Å². The summed E-state index contributed by atoms with van der Waals surface area (Å²) < 4.78 is 0. The fourth-order valence-electron chi connectivity index (χ4n) is 2.23. The third-order valence-corrected chi connectivity index (χ3v) is 3.42. The molecule has 1 aromatic carbocycles. The fraction of sp³-hybridized carbons (Fsp3) is 0.444. The molecule has 0 aliphatic heterocycles. The number of aromatic nitrogens is 2. The lowest BCUT2D eigenvalue weighted by atomic mass is 10.2. The minimum absolute atomic E-state index is 0.340. The van der Waals surface area contributed by atoms with E-state index < -0.39 is 0 Å². The summed E-state index contributed by atoms with van der Waals surface area (Å²) in [7, 11) is 2.09. The van der Waals surface area contributed by atoms with Gasteiger partial charge in [0.1, 0.15) is 11.6 Å². The van der Waals surface area contributed by atoms with Crippen molar-refractivity contribution in [1.29, 1.82) is 0 Å². The van der Waals surface area contributed by atoms with Crippen molar-refractivity contribution in [2.45, 2.75) is 39.7 Å². The summed E-state index contributed by atoms with van der Waals surface area (Å²) in [5.41, 5.74) is 1.04. The molecule has 1 heterocycles.